The lowest BCUT2D eigenvalue weighted by Crippen LogP contribution is -2.52. The lowest BCUT2D eigenvalue weighted by molar-refractivity contribution is -0.129. The topological polar surface area (TPSA) is 66.9 Å². The zero-order chi connectivity index (χ0) is 16.3. The van der Waals surface area contributed by atoms with Gasteiger partial charge < -0.3 is 5.73 Å². The van der Waals surface area contributed by atoms with Crippen LogP contribution in [0.4, 0.5) is 0 Å². The summed E-state index contributed by atoms with van der Waals surface area (Å²) in [5.41, 5.74) is 7.36. The monoisotopic (exact) mass is 298 g/mol. The molecule has 3 unspecified atom stereocenters. The highest BCUT2D eigenvalue weighted by Crippen LogP contribution is 2.49. The van der Waals surface area contributed by atoms with Crippen LogP contribution in [-0.4, -0.2) is 5.91 Å². The third-order valence-corrected chi connectivity index (χ3v) is 5.27. The second-order valence-electron chi connectivity index (χ2n) is 7.10. The number of hydrogen-bond donors (Lipinski definition) is 1. The smallest absolute Gasteiger partial charge is 0.228 e. The van der Waals surface area contributed by atoms with Gasteiger partial charge in [0.2, 0.25) is 5.91 Å². The van der Waals surface area contributed by atoms with Crippen molar-refractivity contribution >= 4 is 5.91 Å². The van der Waals surface area contributed by atoms with E-state index in [-0.39, 0.29) is 11.8 Å². The lowest BCUT2D eigenvalue weighted by atomic mass is 9.56. The van der Waals surface area contributed by atoms with Gasteiger partial charge in [-0.2, -0.15) is 5.26 Å². The molecule has 3 heteroatoms. The SMILES string of the molecule is CC1CCC(C(C)C)C(C(N)=O)(c2ccc(CC#N)cc2)C1. The summed E-state index contributed by atoms with van der Waals surface area (Å²) < 4.78 is 0. The normalized spacial score (nSPS) is 28.3. The number of hydrogen-bond acceptors (Lipinski definition) is 2. The fraction of sp³-hybridized carbons (Fsp3) is 0.579. The molecule has 0 saturated heterocycles. The summed E-state index contributed by atoms with van der Waals surface area (Å²) in [4.78, 5) is 12.5. The Morgan fingerprint density at radius 2 is 2.00 bits per heavy atom. The average molecular weight is 298 g/mol. The Morgan fingerprint density at radius 1 is 1.36 bits per heavy atom. The second-order valence-corrected chi connectivity index (χ2v) is 7.10. The van der Waals surface area contributed by atoms with Gasteiger partial charge in [0.1, 0.15) is 0 Å². The highest BCUT2D eigenvalue weighted by molar-refractivity contribution is 5.87. The summed E-state index contributed by atoms with van der Waals surface area (Å²) in [5, 5.41) is 8.80. The predicted octanol–water partition coefficient (Wildman–Crippen LogP) is 3.57. The summed E-state index contributed by atoms with van der Waals surface area (Å²) in [5.74, 6) is 0.994. The zero-order valence-electron chi connectivity index (χ0n) is 13.8. The molecule has 3 atom stereocenters. The largest absolute Gasteiger partial charge is 0.369 e. The maximum Gasteiger partial charge on any atom is 0.228 e. The van der Waals surface area contributed by atoms with Gasteiger partial charge in [-0.05, 0) is 41.7 Å². The molecule has 1 aromatic rings. The Kier molecular flexibility index (Phi) is 4.90. The minimum Gasteiger partial charge on any atom is -0.369 e. The van der Waals surface area contributed by atoms with Crippen molar-refractivity contribution in [1.29, 1.82) is 5.26 Å². The van der Waals surface area contributed by atoms with Gasteiger partial charge in [-0.1, -0.05) is 51.5 Å². The van der Waals surface area contributed by atoms with Crippen molar-refractivity contribution in [2.75, 3.05) is 0 Å². The molecular formula is C19H26N2O. The molecule has 1 fully saturated rings. The van der Waals surface area contributed by atoms with Crippen LogP contribution in [0.3, 0.4) is 0 Å². The van der Waals surface area contributed by atoms with Crippen LogP contribution in [0, 0.1) is 29.1 Å². The summed E-state index contributed by atoms with van der Waals surface area (Å²) in [6.45, 7) is 6.57. The fourth-order valence-electron chi connectivity index (χ4n) is 4.18. The number of benzene rings is 1. The third-order valence-electron chi connectivity index (χ3n) is 5.27. The number of nitriles is 1. The summed E-state index contributed by atoms with van der Waals surface area (Å²) in [6.07, 6.45) is 3.42. The van der Waals surface area contributed by atoms with E-state index in [9.17, 15) is 4.79 Å². The van der Waals surface area contributed by atoms with Crippen molar-refractivity contribution in [1.82, 2.24) is 0 Å². The van der Waals surface area contributed by atoms with Gasteiger partial charge in [-0.25, -0.2) is 0 Å². The van der Waals surface area contributed by atoms with E-state index in [0.29, 0.717) is 18.3 Å². The van der Waals surface area contributed by atoms with Crippen LogP contribution in [-0.2, 0) is 16.6 Å². The second kappa shape index (κ2) is 6.52. The minimum absolute atomic E-state index is 0.203. The Hall–Kier alpha value is -1.82. The lowest BCUT2D eigenvalue weighted by Gasteiger charge is -2.46. The fourth-order valence-corrected chi connectivity index (χ4v) is 4.18. The number of carbonyl (C=O) groups excluding carboxylic acids is 1. The van der Waals surface area contributed by atoms with Gasteiger partial charge in [0, 0.05) is 0 Å². The average Bonchev–Trinajstić information content (AvgIpc) is 2.47. The number of nitrogens with zero attached hydrogens (tertiary/aromatic N) is 1. The molecule has 0 aromatic heterocycles. The van der Waals surface area contributed by atoms with E-state index in [2.05, 4.69) is 26.8 Å². The molecule has 2 rings (SSSR count). The van der Waals surface area contributed by atoms with Gasteiger partial charge in [0.15, 0.2) is 0 Å². The third kappa shape index (κ3) is 2.88. The number of rotatable bonds is 4. The van der Waals surface area contributed by atoms with Gasteiger partial charge in [0.05, 0.1) is 17.9 Å². The van der Waals surface area contributed by atoms with E-state index in [1.54, 1.807) is 0 Å². The molecule has 0 radical (unpaired) electrons. The van der Waals surface area contributed by atoms with E-state index in [4.69, 9.17) is 11.0 Å². The summed E-state index contributed by atoms with van der Waals surface area (Å²) >= 11 is 0. The maximum atomic E-state index is 12.5. The molecule has 0 bridgehead atoms. The van der Waals surface area contributed by atoms with Crippen molar-refractivity contribution in [3.05, 3.63) is 35.4 Å². The van der Waals surface area contributed by atoms with E-state index in [1.807, 2.05) is 24.3 Å². The van der Waals surface area contributed by atoms with Gasteiger partial charge in [0.25, 0.3) is 0 Å². The van der Waals surface area contributed by atoms with E-state index in [0.717, 1.165) is 30.4 Å². The molecular weight excluding hydrogens is 272 g/mol. The maximum absolute atomic E-state index is 12.5. The van der Waals surface area contributed by atoms with Gasteiger partial charge in [-0.15, -0.1) is 0 Å². The quantitative estimate of drug-likeness (QED) is 0.923. The molecule has 1 saturated carbocycles. The molecule has 1 aliphatic carbocycles. The first kappa shape index (κ1) is 16.5. The van der Waals surface area contributed by atoms with Gasteiger partial charge >= 0.3 is 0 Å². The first-order chi connectivity index (χ1) is 10.4. The number of carbonyl (C=O) groups is 1. The molecule has 0 aliphatic heterocycles. The van der Waals surface area contributed by atoms with Crippen molar-refractivity contribution in [2.24, 2.45) is 23.5 Å². The number of amides is 1. The number of nitrogens with two attached hydrogens (primary N) is 1. The van der Waals surface area contributed by atoms with Crippen molar-refractivity contribution in [3.63, 3.8) is 0 Å². The molecule has 3 nitrogen and oxygen atoms in total. The van der Waals surface area contributed by atoms with Crippen LogP contribution >= 0.6 is 0 Å². The molecule has 22 heavy (non-hydrogen) atoms. The molecule has 0 spiro atoms. The van der Waals surface area contributed by atoms with Crippen LogP contribution in [0.1, 0.15) is 51.2 Å². The molecule has 0 heterocycles. The van der Waals surface area contributed by atoms with Crippen molar-refractivity contribution in [2.45, 2.75) is 51.9 Å². The number of primary amides is 1. The Morgan fingerprint density at radius 3 is 2.50 bits per heavy atom. The van der Waals surface area contributed by atoms with E-state index in [1.165, 1.54) is 0 Å². The first-order valence-corrected chi connectivity index (χ1v) is 8.18. The molecule has 118 valence electrons. The first-order valence-electron chi connectivity index (χ1n) is 8.18. The zero-order valence-corrected chi connectivity index (χ0v) is 13.8. The Balaban J connectivity index is 2.49. The molecule has 2 N–H and O–H groups in total. The Bertz CT molecular complexity index is 570. The molecule has 1 aliphatic rings. The Labute approximate surface area is 133 Å². The van der Waals surface area contributed by atoms with Crippen LogP contribution in [0.5, 0.6) is 0 Å². The van der Waals surface area contributed by atoms with Crippen LogP contribution in [0.2, 0.25) is 0 Å². The predicted molar refractivity (Wildman–Crippen MR) is 88.0 cm³/mol. The molecule has 1 aromatic carbocycles. The van der Waals surface area contributed by atoms with E-state index >= 15 is 0 Å². The summed E-state index contributed by atoms with van der Waals surface area (Å²) in [6, 6.07) is 10.1. The standard InChI is InChI=1S/C19H26N2O/c1-13(2)17-9-4-14(3)12-19(17,18(21)22)16-7-5-15(6-8-16)10-11-20/h5-8,13-14,17H,4,9-10,12H2,1-3H3,(H2,21,22). The van der Waals surface area contributed by atoms with Gasteiger partial charge in [-0.3, -0.25) is 4.79 Å². The van der Waals surface area contributed by atoms with Crippen molar-refractivity contribution in [3.8, 4) is 6.07 Å². The minimum atomic E-state index is -0.572. The molecule has 1 amide bonds. The van der Waals surface area contributed by atoms with Crippen molar-refractivity contribution < 1.29 is 4.79 Å². The highest BCUT2D eigenvalue weighted by atomic mass is 16.1. The van der Waals surface area contributed by atoms with Crippen LogP contribution in [0.25, 0.3) is 0 Å². The van der Waals surface area contributed by atoms with Crippen LogP contribution < -0.4 is 5.73 Å². The highest BCUT2D eigenvalue weighted by Gasteiger charge is 2.49. The van der Waals surface area contributed by atoms with Crippen LogP contribution in [0.15, 0.2) is 24.3 Å². The summed E-state index contributed by atoms with van der Waals surface area (Å²) in [7, 11) is 0. The van der Waals surface area contributed by atoms with E-state index < -0.39 is 5.41 Å².